The average molecular weight is 205 g/mol. The van der Waals surface area contributed by atoms with Crippen LogP contribution in [0.25, 0.3) is 0 Å². The molecular weight excluding hydrogens is 201 g/mol. The van der Waals surface area contributed by atoms with Crippen molar-refractivity contribution in [3.05, 3.63) is 34.3 Å². The van der Waals surface area contributed by atoms with E-state index in [-0.39, 0.29) is 10.6 Å². The van der Waals surface area contributed by atoms with Gasteiger partial charge in [-0.1, -0.05) is 17.5 Å². The van der Waals surface area contributed by atoms with Gasteiger partial charge in [-0.15, -0.1) is 6.42 Å². The molecule has 0 unspecified atom stereocenters. The Labute approximate surface area is 78.3 Å². The molecule has 0 atom stereocenters. The van der Waals surface area contributed by atoms with E-state index in [0.717, 1.165) is 12.1 Å². The summed E-state index contributed by atoms with van der Waals surface area (Å²) in [7, 11) is 0. The first-order valence-corrected chi connectivity index (χ1v) is 3.65. The molecule has 0 spiro atoms. The smallest absolute Gasteiger partial charge is 0.166 e. The van der Waals surface area contributed by atoms with Gasteiger partial charge >= 0.3 is 6.18 Å². The number of terminal acetylenes is 1. The molecule has 0 aliphatic rings. The van der Waals surface area contributed by atoms with E-state index in [0.29, 0.717) is 0 Å². The Morgan fingerprint density at radius 2 is 1.85 bits per heavy atom. The van der Waals surface area contributed by atoms with Gasteiger partial charge in [-0.3, -0.25) is 0 Å². The molecule has 1 aromatic carbocycles. The minimum absolute atomic E-state index is 0.0113. The van der Waals surface area contributed by atoms with E-state index in [1.807, 2.05) is 0 Å². The van der Waals surface area contributed by atoms with Gasteiger partial charge in [0.1, 0.15) is 0 Å². The van der Waals surface area contributed by atoms with Crippen LogP contribution in [0.3, 0.4) is 0 Å². The second kappa shape index (κ2) is 3.31. The van der Waals surface area contributed by atoms with E-state index in [1.165, 1.54) is 6.07 Å². The average Bonchev–Trinajstić information content (AvgIpc) is 2.01. The molecule has 0 aliphatic carbocycles. The fourth-order valence-corrected chi connectivity index (χ4v) is 1.07. The van der Waals surface area contributed by atoms with Gasteiger partial charge in [0.2, 0.25) is 0 Å². The van der Waals surface area contributed by atoms with E-state index in [9.17, 15) is 13.2 Å². The molecule has 1 aromatic rings. The number of benzene rings is 1. The summed E-state index contributed by atoms with van der Waals surface area (Å²) in [6.45, 7) is 0. The van der Waals surface area contributed by atoms with Gasteiger partial charge in [0.05, 0.1) is 5.56 Å². The van der Waals surface area contributed by atoms with E-state index in [2.05, 4.69) is 5.92 Å². The third kappa shape index (κ3) is 2.40. The van der Waals surface area contributed by atoms with Crippen LogP contribution in [0.4, 0.5) is 13.2 Å². The van der Waals surface area contributed by atoms with Crippen LogP contribution in [-0.2, 0) is 6.18 Å². The molecule has 0 saturated carbocycles. The van der Waals surface area contributed by atoms with E-state index in [1.54, 1.807) is 0 Å². The summed E-state index contributed by atoms with van der Waals surface area (Å²) in [5.41, 5.74) is -0.701. The van der Waals surface area contributed by atoms with Crippen molar-refractivity contribution in [2.75, 3.05) is 0 Å². The zero-order chi connectivity index (χ0) is 10.1. The van der Waals surface area contributed by atoms with Gasteiger partial charge < -0.3 is 0 Å². The second-order valence-electron chi connectivity index (χ2n) is 2.37. The molecule has 1 rings (SSSR count). The van der Waals surface area contributed by atoms with Crippen LogP contribution in [0.15, 0.2) is 18.2 Å². The fourth-order valence-electron chi connectivity index (χ4n) is 0.837. The van der Waals surface area contributed by atoms with Gasteiger partial charge in [-0.25, -0.2) is 0 Å². The molecule has 0 aliphatic heterocycles. The maximum absolute atomic E-state index is 12.2. The van der Waals surface area contributed by atoms with Crippen molar-refractivity contribution in [3.63, 3.8) is 0 Å². The summed E-state index contributed by atoms with van der Waals surface area (Å²) in [5.74, 6) is 2.10. The summed E-state index contributed by atoms with van der Waals surface area (Å²) in [6.07, 6.45) is 0.549. The van der Waals surface area contributed by atoms with Crippen molar-refractivity contribution >= 4 is 11.6 Å². The van der Waals surface area contributed by atoms with Crippen molar-refractivity contribution in [3.8, 4) is 12.3 Å². The lowest BCUT2D eigenvalue weighted by molar-refractivity contribution is -0.137. The SMILES string of the molecule is C#Cc1cc(Cl)cc(C(F)(F)F)c1. The first-order valence-electron chi connectivity index (χ1n) is 3.28. The molecule has 0 aromatic heterocycles. The van der Waals surface area contributed by atoms with Crippen LogP contribution in [0.1, 0.15) is 11.1 Å². The molecule has 0 saturated heterocycles. The van der Waals surface area contributed by atoms with Gasteiger partial charge in [0.15, 0.2) is 0 Å². The van der Waals surface area contributed by atoms with Gasteiger partial charge in [0, 0.05) is 10.6 Å². The minimum atomic E-state index is -4.41. The summed E-state index contributed by atoms with van der Waals surface area (Å²) in [6, 6.07) is 3.02. The van der Waals surface area contributed by atoms with Gasteiger partial charge in [-0.2, -0.15) is 13.2 Å². The number of hydrogen-bond donors (Lipinski definition) is 0. The van der Waals surface area contributed by atoms with Crippen molar-refractivity contribution in [1.29, 1.82) is 0 Å². The summed E-state index contributed by atoms with van der Waals surface area (Å²) in [5, 5.41) is -0.0113. The van der Waals surface area contributed by atoms with Crippen molar-refractivity contribution < 1.29 is 13.2 Å². The topological polar surface area (TPSA) is 0 Å². The highest BCUT2D eigenvalue weighted by Gasteiger charge is 2.30. The molecule has 0 bridgehead atoms. The van der Waals surface area contributed by atoms with Gasteiger partial charge in [-0.05, 0) is 18.2 Å². The first kappa shape index (κ1) is 9.94. The highest BCUT2D eigenvalue weighted by Crippen LogP contribution is 2.31. The Balaban J connectivity index is 3.26. The summed E-state index contributed by atoms with van der Waals surface area (Å²) >= 11 is 5.44. The largest absolute Gasteiger partial charge is 0.416 e. The number of halogens is 4. The van der Waals surface area contributed by atoms with E-state index < -0.39 is 11.7 Å². The highest BCUT2D eigenvalue weighted by atomic mass is 35.5. The lowest BCUT2D eigenvalue weighted by Gasteiger charge is -2.07. The maximum Gasteiger partial charge on any atom is 0.416 e. The number of hydrogen-bond acceptors (Lipinski definition) is 0. The lowest BCUT2D eigenvalue weighted by Crippen LogP contribution is -2.04. The Morgan fingerprint density at radius 1 is 1.23 bits per heavy atom. The highest BCUT2D eigenvalue weighted by molar-refractivity contribution is 6.30. The van der Waals surface area contributed by atoms with Crippen LogP contribution in [-0.4, -0.2) is 0 Å². The summed E-state index contributed by atoms with van der Waals surface area (Å²) < 4.78 is 36.5. The molecule has 0 heterocycles. The molecular formula is C9H4ClF3. The lowest BCUT2D eigenvalue weighted by atomic mass is 10.1. The Hall–Kier alpha value is -1.14. The molecule has 4 heteroatoms. The van der Waals surface area contributed by atoms with Crippen LogP contribution in [0, 0.1) is 12.3 Å². The van der Waals surface area contributed by atoms with Crippen LogP contribution >= 0.6 is 11.6 Å². The number of alkyl halides is 3. The monoisotopic (exact) mass is 204 g/mol. The third-order valence-electron chi connectivity index (χ3n) is 1.39. The van der Waals surface area contributed by atoms with Crippen LogP contribution in [0.5, 0.6) is 0 Å². The molecule has 0 nitrogen and oxygen atoms in total. The molecule has 0 amide bonds. The number of rotatable bonds is 0. The quantitative estimate of drug-likeness (QED) is 0.569. The minimum Gasteiger partial charge on any atom is -0.166 e. The van der Waals surface area contributed by atoms with Crippen LogP contribution < -0.4 is 0 Å². The summed E-state index contributed by atoms with van der Waals surface area (Å²) in [4.78, 5) is 0. The standard InChI is InChI=1S/C9H4ClF3/c1-2-6-3-7(9(11,12)13)5-8(10)4-6/h1,3-5H. The predicted molar refractivity (Wildman–Crippen MR) is 44.4 cm³/mol. The zero-order valence-corrected chi connectivity index (χ0v) is 7.08. The van der Waals surface area contributed by atoms with Crippen LogP contribution in [0.2, 0.25) is 5.02 Å². The second-order valence-corrected chi connectivity index (χ2v) is 2.81. The zero-order valence-electron chi connectivity index (χ0n) is 6.32. The Morgan fingerprint density at radius 3 is 2.31 bits per heavy atom. The molecule has 0 N–H and O–H groups in total. The van der Waals surface area contributed by atoms with E-state index >= 15 is 0 Å². The first-order chi connectivity index (χ1) is 5.93. The van der Waals surface area contributed by atoms with Crippen molar-refractivity contribution in [2.45, 2.75) is 6.18 Å². The normalized spacial score (nSPS) is 11.0. The van der Waals surface area contributed by atoms with E-state index in [4.69, 9.17) is 18.0 Å². The maximum atomic E-state index is 12.2. The Kier molecular flexibility index (Phi) is 2.53. The molecule has 68 valence electrons. The van der Waals surface area contributed by atoms with Crippen molar-refractivity contribution in [1.82, 2.24) is 0 Å². The van der Waals surface area contributed by atoms with Crippen molar-refractivity contribution in [2.24, 2.45) is 0 Å². The predicted octanol–water partition coefficient (Wildman–Crippen LogP) is 3.34. The fraction of sp³-hybridized carbons (Fsp3) is 0.111. The molecule has 13 heavy (non-hydrogen) atoms. The third-order valence-corrected chi connectivity index (χ3v) is 1.61. The van der Waals surface area contributed by atoms with Gasteiger partial charge in [0.25, 0.3) is 0 Å². The Bertz CT molecular complexity index is 360. The molecule has 0 radical (unpaired) electrons. The molecule has 0 fully saturated rings.